The third-order valence-electron chi connectivity index (χ3n) is 5.53. The van der Waals surface area contributed by atoms with Crippen LogP contribution < -0.4 is 4.74 Å². The minimum Gasteiger partial charge on any atom is -0.491 e. The summed E-state index contributed by atoms with van der Waals surface area (Å²) in [5.74, 6) is 0.556. The summed E-state index contributed by atoms with van der Waals surface area (Å²) in [5, 5.41) is 18.2. The van der Waals surface area contributed by atoms with Crippen LogP contribution in [0.2, 0.25) is 0 Å². The summed E-state index contributed by atoms with van der Waals surface area (Å²) in [6.45, 7) is 6.58. The lowest BCUT2D eigenvalue weighted by Gasteiger charge is -2.41. The predicted molar refractivity (Wildman–Crippen MR) is 104 cm³/mol. The van der Waals surface area contributed by atoms with Crippen molar-refractivity contribution in [3.63, 3.8) is 0 Å². The normalized spacial score (nSPS) is 22.0. The van der Waals surface area contributed by atoms with Crippen molar-refractivity contribution in [2.45, 2.75) is 24.9 Å². The van der Waals surface area contributed by atoms with Crippen LogP contribution >= 0.6 is 0 Å². The van der Waals surface area contributed by atoms with Crippen molar-refractivity contribution in [2.75, 3.05) is 59.7 Å². The summed E-state index contributed by atoms with van der Waals surface area (Å²) in [7, 11) is 1.69. The summed E-state index contributed by atoms with van der Waals surface area (Å²) in [5.41, 5.74) is 0.893. The maximum Gasteiger partial charge on any atom is 0.137 e. The van der Waals surface area contributed by atoms with Gasteiger partial charge in [-0.2, -0.15) is 10.5 Å². The molecule has 2 unspecified atom stereocenters. The molecule has 0 N–H and O–H groups in total. The average Bonchev–Trinajstić information content (AvgIpc) is 2.96. The number of nitrogens with zero attached hydrogens (tertiary/aromatic N) is 4. The van der Waals surface area contributed by atoms with Gasteiger partial charge in [-0.15, -0.1) is 0 Å². The molecule has 2 atom stereocenters. The molecule has 0 radical (unpaired) electrons. The second-order valence-electron chi connectivity index (χ2n) is 7.27. The highest BCUT2D eigenvalue weighted by molar-refractivity contribution is 5.48. The van der Waals surface area contributed by atoms with E-state index >= 15 is 0 Å². The minimum atomic E-state index is 0.417. The number of piperazine rings is 1. The van der Waals surface area contributed by atoms with Gasteiger partial charge in [-0.25, -0.2) is 0 Å². The summed E-state index contributed by atoms with van der Waals surface area (Å²) in [4.78, 5) is 5.05. The molecule has 0 amide bonds. The average molecular weight is 384 g/mol. The third kappa shape index (κ3) is 5.21. The molecule has 1 aromatic carbocycles. The molecule has 7 heteroatoms. The van der Waals surface area contributed by atoms with Crippen molar-refractivity contribution in [1.29, 1.82) is 10.5 Å². The van der Waals surface area contributed by atoms with Gasteiger partial charge in [0.25, 0.3) is 0 Å². The lowest BCUT2D eigenvalue weighted by atomic mass is 10.1. The lowest BCUT2D eigenvalue weighted by molar-refractivity contribution is 0.0232. The van der Waals surface area contributed by atoms with E-state index in [1.54, 1.807) is 25.3 Å². The summed E-state index contributed by atoms with van der Waals surface area (Å²) < 4.78 is 16.5. The predicted octanol–water partition coefficient (Wildman–Crippen LogP) is 1.62. The van der Waals surface area contributed by atoms with Crippen LogP contribution in [0, 0.1) is 22.7 Å². The SMILES string of the molecule is COCCOCCN1CC2CCC(C1)N2CCOc1ccc(C#N)cc1C#N. The van der Waals surface area contributed by atoms with Crippen LogP contribution in [0.15, 0.2) is 18.2 Å². The fourth-order valence-electron chi connectivity index (χ4n) is 4.14. The maximum atomic E-state index is 9.26. The highest BCUT2D eigenvalue weighted by Crippen LogP contribution is 2.30. The van der Waals surface area contributed by atoms with Gasteiger partial charge < -0.3 is 14.2 Å². The Kier molecular flexibility index (Phi) is 7.64. The van der Waals surface area contributed by atoms with Crippen molar-refractivity contribution in [2.24, 2.45) is 0 Å². The second kappa shape index (κ2) is 10.4. The number of benzene rings is 1. The van der Waals surface area contributed by atoms with E-state index in [2.05, 4.69) is 21.9 Å². The third-order valence-corrected chi connectivity index (χ3v) is 5.53. The van der Waals surface area contributed by atoms with Crippen LogP contribution in [-0.4, -0.2) is 81.6 Å². The molecule has 2 bridgehead atoms. The Morgan fingerprint density at radius 1 is 1.00 bits per heavy atom. The Labute approximate surface area is 167 Å². The van der Waals surface area contributed by atoms with Gasteiger partial charge in [0.15, 0.2) is 0 Å². The lowest BCUT2D eigenvalue weighted by Crippen LogP contribution is -2.55. The van der Waals surface area contributed by atoms with E-state index in [1.807, 2.05) is 0 Å². The first kappa shape index (κ1) is 20.6. The van der Waals surface area contributed by atoms with Crippen LogP contribution in [0.1, 0.15) is 24.0 Å². The van der Waals surface area contributed by atoms with Gasteiger partial charge in [0.2, 0.25) is 0 Å². The molecule has 0 spiro atoms. The van der Waals surface area contributed by atoms with Gasteiger partial charge in [-0.05, 0) is 31.0 Å². The highest BCUT2D eigenvalue weighted by Gasteiger charge is 2.39. The van der Waals surface area contributed by atoms with E-state index < -0.39 is 0 Å². The van der Waals surface area contributed by atoms with Gasteiger partial charge in [-0.1, -0.05) is 0 Å². The Morgan fingerprint density at radius 2 is 1.79 bits per heavy atom. The van der Waals surface area contributed by atoms with E-state index in [4.69, 9.17) is 19.5 Å². The van der Waals surface area contributed by atoms with Crippen LogP contribution in [0.4, 0.5) is 0 Å². The number of nitriles is 2. The molecule has 1 aromatic rings. The molecule has 0 saturated carbocycles. The van der Waals surface area contributed by atoms with Gasteiger partial charge in [0.1, 0.15) is 18.4 Å². The summed E-state index contributed by atoms with van der Waals surface area (Å²) in [6, 6.07) is 10.3. The maximum absolute atomic E-state index is 9.26. The zero-order valence-corrected chi connectivity index (χ0v) is 16.5. The van der Waals surface area contributed by atoms with Crippen molar-refractivity contribution in [3.05, 3.63) is 29.3 Å². The van der Waals surface area contributed by atoms with Crippen molar-refractivity contribution in [3.8, 4) is 17.9 Å². The molecule has 28 heavy (non-hydrogen) atoms. The van der Waals surface area contributed by atoms with Crippen LogP contribution in [0.5, 0.6) is 5.75 Å². The Hall–Kier alpha value is -2.16. The number of ether oxygens (including phenoxy) is 3. The zero-order valence-electron chi connectivity index (χ0n) is 16.5. The number of methoxy groups -OCH3 is 1. The van der Waals surface area contributed by atoms with E-state index in [-0.39, 0.29) is 0 Å². The van der Waals surface area contributed by atoms with Gasteiger partial charge in [0, 0.05) is 45.4 Å². The van der Waals surface area contributed by atoms with Gasteiger partial charge in [-0.3, -0.25) is 9.80 Å². The Bertz CT molecular complexity index is 713. The molecule has 2 heterocycles. The number of likely N-dealkylation sites (tertiary alicyclic amines) is 1. The zero-order chi connectivity index (χ0) is 19.8. The standard InChI is InChI=1S/C21H28N4O3/c1-26-10-11-27-8-6-24-15-19-3-4-20(16-24)25(19)7-9-28-21-5-2-17(13-22)12-18(21)14-23/h2,5,12,19-20H,3-4,6-11,15-16H2,1H3. The second-order valence-corrected chi connectivity index (χ2v) is 7.27. The molecule has 7 nitrogen and oxygen atoms in total. The largest absolute Gasteiger partial charge is 0.491 e. The minimum absolute atomic E-state index is 0.417. The number of hydrogen-bond acceptors (Lipinski definition) is 7. The van der Waals surface area contributed by atoms with E-state index in [9.17, 15) is 5.26 Å². The molecule has 2 aliphatic heterocycles. The monoisotopic (exact) mass is 384 g/mol. The number of hydrogen-bond donors (Lipinski definition) is 0. The van der Waals surface area contributed by atoms with Crippen LogP contribution in [-0.2, 0) is 9.47 Å². The van der Waals surface area contributed by atoms with Crippen molar-refractivity contribution >= 4 is 0 Å². The van der Waals surface area contributed by atoms with Crippen LogP contribution in [0.25, 0.3) is 0 Å². The summed E-state index contributed by atoms with van der Waals surface area (Å²) >= 11 is 0. The number of fused-ring (bicyclic) bond motifs is 2. The van der Waals surface area contributed by atoms with E-state index in [0.29, 0.717) is 48.8 Å². The van der Waals surface area contributed by atoms with Crippen molar-refractivity contribution in [1.82, 2.24) is 9.80 Å². The quantitative estimate of drug-likeness (QED) is 0.567. The summed E-state index contributed by atoms with van der Waals surface area (Å²) in [6.07, 6.45) is 2.46. The van der Waals surface area contributed by atoms with E-state index in [0.717, 1.165) is 32.8 Å². The van der Waals surface area contributed by atoms with Gasteiger partial charge in [0.05, 0.1) is 37.0 Å². The fraction of sp³-hybridized carbons (Fsp3) is 0.619. The molecular weight excluding hydrogens is 356 g/mol. The van der Waals surface area contributed by atoms with Crippen molar-refractivity contribution < 1.29 is 14.2 Å². The molecular formula is C21H28N4O3. The number of rotatable bonds is 10. The first-order chi connectivity index (χ1) is 13.7. The molecule has 0 aromatic heterocycles. The topological polar surface area (TPSA) is 81.8 Å². The first-order valence-electron chi connectivity index (χ1n) is 9.87. The molecule has 2 saturated heterocycles. The molecule has 2 aliphatic rings. The smallest absolute Gasteiger partial charge is 0.137 e. The van der Waals surface area contributed by atoms with E-state index in [1.165, 1.54) is 12.8 Å². The Morgan fingerprint density at radius 3 is 2.46 bits per heavy atom. The molecule has 2 fully saturated rings. The Balaban J connectivity index is 1.43. The highest BCUT2D eigenvalue weighted by atomic mass is 16.5. The fourth-order valence-corrected chi connectivity index (χ4v) is 4.14. The van der Waals surface area contributed by atoms with Crippen LogP contribution in [0.3, 0.4) is 0 Å². The molecule has 0 aliphatic carbocycles. The molecule has 150 valence electrons. The molecule has 3 rings (SSSR count). The first-order valence-corrected chi connectivity index (χ1v) is 9.87. The van der Waals surface area contributed by atoms with Gasteiger partial charge >= 0.3 is 0 Å².